The van der Waals surface area contributed by atoms with E-state index < -0.39 is 0 Å². The highest BCUT2D eigenvalue weighted by Crippen LogP contribution is 2.28. The zero-order chi connectivity index (χ0) is 26.6. The van der Waals surface area contributed by atoms with Crippen molar-refractivity contribution in [3.8, 4) is 0 Å². The molecule has 0 atom stereocenters. The highest BCUT2D eigenvalue weighted by molar-refractivity contribution is 7.98. The molecule has 1 heterocycles. The molecule has 7 heteroatoms. The summed E-state index contributed by atoms with van der Waals surface area (Å²) >= 11 is 1.81. The summed E-state index contributed by atoms with van der Waals surface area (Å²) in [5.41, 5.74) is 10.4. The molecule has 0 unspecified atom stereocenters. The van der Waals surface area contributed by atoms with Crippen LogP contribution in [0.4, 0.5) is 5.69 Å². The maximum Gasteiger partial charge on any atom is 0.0558 e. The lowest BCUT2D eigenvalue weighted by Gasteiger charge is -2.43. The number of benzene rings is 2. The molecule has 3 aliphatic rings. The number of nitrogens with zero attached hydrogens (tertiary/aromatic N) is 4. The van der Waals surface area contributed by atoms with Gasteiger partial charge in [-0.3, -0.25) is 14.1 Å². The molecule has 208 valence electrons. The molecule has 3 fully saturated rings. The Kier molecular flexibility index (Phi) is 11.8. The summed E-state index contributed by atoms with van der Waals surface area (Å²) in [6.45, 7) is 12.0. The standard InChI is InChI=1S/C27H40N6S.C4H8/c1-23(29-28-2)25-14-12-24(13-15-25)22-33(27-8-5-4-6-9-27)34-30(3)16-17-31-18-20-32(21-19-31)26-10-7-11-26;1-2-4-3-1/h4-6,8-9,12-15,26,28-29H,1,7,10-11,16-22H2,2-3H3;1-4H2. The highest BCUT2D eigenvalue weighted by Gasteiger charge is 2.27. The fourth-order valence-corrected chi connectivity index (χ4v) is 5.73. The minimum absolute atomic E-state index is 0.839. The molecular formula is C31H48N6S. The zero-order valence-electron chi connectivity index (χ0n) is 23.6. The average Bonchev–Trinajstić information content (AvgIpc) is 2.87. The number of piperazine rings is 1. The first-order valence-corrected chi connectivity index (χ1v) is 15.2. The molecule has 1 aliphatic heterocycles. The van der Waals surface area contributed by atoms with Crippen LogP contribution in [0.2, 0.25) is 0 Å². The molecule has 5 rings (SSSR count). The summed E-state index contributed by atoms with van der Waals surface area (Å²) < 4.78 is 4.75. The Bertz CT molecular complexity index is 933. The van der Waals surface area contributed by atoms with Crippen molar-refractivity contribution in [3.63, 3.8) is 0 Å². The second kappa shape index (κ2) is 15.5. The van der Waals surface area contributed by atoms with Crippen LogP contribution < -0.4 is 15.2 Å². The van der Waals surface area contributed by atoms with E-state index in [4.69, 9.17) is 0 Å². The van der Waals surface area contributed by atoms with E-state index in [1.54, 1.807) is 0 Å². The van der Waals surface area contributed by atoms with E-state index in [-0.39, 0.29) is 0 Å². The number of para-hydroxylation sites is 1. The molecule has 6 nitrogen and oxygen atoms in total. The molecular weight excluding hydrogens is 488 g/mol. The Hall–Kier alpha value is -2.03. The molecule has 0 amide bonds. The monoisotopic (exact) mass is 536 g/mol. The molecule has 2 aromatic carbocycles. The fraction of sp³-hybridized carbons (Fsp3) is 0.548. The second-order valence-electron chi connectivity index (χ2n) is 10.7. The number of anilines is 1. The lowest BCUT2D eigenvalue weighted by Crippen LogP contribution is -2.53. The molecule has 2 aliphatic carbocycles. The van der Waals surface area contributed by atoms with Crippen molar-refractivity contribution >= 4 is 23.5 Å². The Balaban J connectivity index is 0.000000768. The van der Waals surface area contributed by atoms with Crippen LogP contribution in [0.5, 0.6) is 0 Å². The van der Waals surface area contributed by atoms with Gasteiger partial charge in [-0.05, 0) is 43.1 Å². The summed E-state index contributed by atoms with van der Waals surface area (Å²) in [4.78, 5) is 5.34. The molecule has 38 heavy (non-hydrogen) atoms. The lowest BCUT2D eigenvalue weighted by molar-refractivity contribution is 0.0609. The van der Waals surface area contributed by atoms with Crippen molar-refractivity contribution in [1.82, 2.24) is 25.0 Å². The molecule has 0 radical (unpaired) electrons. The Labute approximate surface area is 235 Å². The lowest BCUT2D eigenvalue weighted by atomic mass is 9.91. The quantitative estimate of drug-likeness (QED) is 0.270. The molecule has 2 aromatic rings. The van der Waals surface area contributed by atoms with Gasteiger partial charge in [-0.25, -0.2) is 9.73 Å². The van der Waals surface area contributed by atoms with Gasteiger partial charge in [0.2, 0.25) is 0 Å². The Morgan fingerprint density at radius 2 is 1.58 bits per heavy atom. The van der Waals surface area contributed by atoms with Crippen LogP contribution in [0.25, 0.3) is 5.70 Å². The van der Waals surface area contributed by atoms with Crippen molar-refractivity contribution in [3.05, 3.63) is 72.3 Å². The number of likely N-dealkylation sites (N-methyl/N-ethyl adjacent to an activating group) is 1. The summed E-state index contributed by atoms with van der Waals surface area (Å²) in [5, 5.41) is 0. The predicted molar refractivity (Wildman–Crippen MR) is 165 cm³/mol. The first-order chi connectivity index (χ1) is 18.6. The topological polar surface area (TPSA) is 37.0 Å². The van der Waals surface area contributed by atoms with Crippen molar-refractivity contribution in [2.24, 2.45) is 0 Å². The van der Waals surface area contributed by atoms with Crippen LogP contribution >= 0.6 is 12.1 Å². The van der Waals surface area contributed by atoms with E-state index in [0.717, 1.165) is 36.9 Å². The van der Waals surface area contributed by atoms with Crippen LogP contribution in [-0.4, -0.2) is 73.5 Å². The molecule has 0 bridgehead atoms. The fourth-order valence-electron chi connectivity index (χ4n) is 4.81. The molecule has 0 spiro atoms. The summed E-state index contributed by atoms with van der Waals surface area (Å²) in [6, 6.07) is 20.2. The van der Waals surface area contributed by atoms with Crippen molar-refractivity contribution in [1.29, 1.82) is 0 Å². The first kappa shape index (κ1) is 29.0. The van der Waals surface area contributed by atoms with Crippen LogP contribution in [0.3, 0.4) is 0 Å². The number of nitrogens with one attached hydrogen (secondary N) is 2. The van der Waals surface area contributed by atoms with Crippen LogP contribution in [0, 0.1) is 0 Å². The third kappa shape index (κ3) is 9.02. The van der Waals surface area contributed by atoms with E-state index in [1.165, 1.54) is 82.4 Å². The van der Waals surface area contributed by atoms with Gasteiger partial charge < -0.3 is 5.43 Å². The van der Waals surface area contributed by atoms with E-state index in [0.29, 0.717) is 0 Å². The van der Waals surface area contributed by atoms with Crippen molar-refractivity contribution in [2.45, 2.75) is 57.5 Å². The van der Waals surface area contributed by atoms with E-state index in [1.807, 2.05) is 19.2 Å². The molecule has 2 N–H and O–H groups in total. The van der Waals surface area contributed by atoms with Gasteiger partial charge in [0, 0.05) is 75.9 Å². The van der Waals surface area contributed by atoms with Gasteiger partial charge in [0.1, 0.15) is 0 Å². The van der Waals surface area contributed by atoms with Crippen molar-refractivity contribution in [2.75, 3.05) is 57.7 Å². The third-order valence-electron chi connectivity index (χ3n) is 7.92. The van der Waals surface area contributed by atoms with Gasteiger partial charge in [-0.15, -0.1) is 0 Å². The van der Waals surface area contributed by atoms with Gasteiger partial charge >= 0.3 is 0 Å². The Morgan fingerprint density at radius 1 is 0.921 bits per heavy atom. The van der Waals surface area contributed by atoms with Gasteiger partial charge in [0.15, 0.2) is 0 Å². The maximum atomic E-state index is 4.07. The maximum absolute atomic E-state index is 4.07. The summed E-state index contributed by atoms with van der Waals surface area (Å²) in [5.74, 6) is 0. The zero-order valence-corrected chi connectivity index (χ0v) is 24.4. The highest BCUT2D eigenvalue weighted by atomic mass is 32.2. The van der Waals surface area contributed by atoms with E-state index >= 15 is 0 Å². The predicted octanol–water partition coefficient (Wildman–Crippen LogP) is 5.61. The average molecular weight is 537 g/mol. The van der Waals surface area contributed by atoms with E-state index in [2.05, 4.69) is 97.5 Å². The van der Waals surface area contributed by atoms with Gasteiger partial charge in [0.05, 0.1) is 6.54 Å². The normalized spacial score (nSPS) is 18.2. The van der Waals surface area contributed by atoms with Gasteiger partial charge in [-0.2, -0.15) is 0 Å². The SMILES string of the molecule is C1CCC1.C=C(NNC)c1ccc(CN(SN(C)CCN2CCN(C3CCC3)CC2)c2ccccc2)cc1. The molecule has 2 saturated carbocycles. The van der Waals surface area contributed by atoms with E-state index in [9.17, 15) is 0 Å². The number of rotatable bonds is 12. The van der Waals surface area contributed by atoms with Gasteiger partial charge in [-0.1, -0.05) is 81.1 Å². The molecule has 1 saturated heterocycles. The van der Waals surface area contributed by atoms with Crippen LogP contribution in [0.15, 0.2) is 61.2 Å². The minimum Gasteiger partial charge on any atom is -0.322 e. The third-order valence-corrected chi connectivity index (χ3v) is 8.91. The summed E-state index contributed by atoms with van der Waals surface area (Å²) in [6.07, 6.45) is 10.3. The number of hydrogen-bond donors (Lipinski definition) is 2. The summed E-state index contributed by atoms with van der Waals surface area (Å²) in [7, 11) is 4.06. The first-order valence-electron chi connectivity index (χ1n) is 14.5. The second-order valence-corrected chi connectivity index (χ2v) is 12.0. The van der Waals surface area contributed by atoms with Crippen LogP contribution in [-0.2, 0) is 6.54 Å². The van der Waals surface area contributed by atoms with Gasteiger partial charge in [0.25, 0.3) is 0 Å². The van der Waals surface area contributed by atoms with Crippen LogP contribution in [0.1, 0.15) is 56.1 Å². The number of hydrogen-bond acceptors (Lipinski definition) is 7. The Morgan fingerprint density at radius 3 is 2.13 bits per heavy atom. The smallest absolute Gasteiger partial charge is 0.0558 e. The minimum atomic E-state index is 0.839. The van der Waals surface area contributed by atoms with Crippen molar-refractivity contribution < 1.29 is 0 Å². The largest absolute Gasteiger partial charge is 0.322 e. The molecule has 0 aromatic heterocycles. The number of hydrazine groups is 1.